The van der Waals surface area contributed by atoms with Gasteiger partial charge in [-0.25, -0.2) is 0 Å². The number of carbonyl (C=O) groups excluding carboxylic acids is 2. The van der Waals surface area contributed by atoms with Crippen molar-refractivity contribution in [3.05, 3.63) is 29.8 Å². The summed E-state index contributed by atoms with van der Waals surface area (Å²) < 4.78 is 0. The Labute approximate surface area is 121 Å². The lowest BCUT2D eigenvalue weighted by Gasteiger charge is -2.09. The SMILES string of the molecule is CCCCC(=O)Nc1ccc(C(=O)NCC(C)C)cc1. The van der Waals surface area contributed by atoms with Crippen LogP contribution in [0.15, 0.2) is 24.3 Å². The lowest BCUT2D eigenvalue weighted by molar-refractivity contribution is -0.116. The van der Waals surface area contributed by atoms with Crippen LogP contribution in [0.1, 0.15) is 50.4 Å². The number of amides is 2. The van der Waals surface area contributed by atoms with Gasteiger partial charge in [0.1, 0.15) is 0 Å². The molecule has 0 radical (unpaired) electrons. The Balaban J connectivity index is 2.51. The zero-order chi connectivity index (χ0) is 15.0. The summed E-state index contributed by atoms with van der Waals surface area (Å²) >= 11 is 0. The van der Waals surface area contributed by atoms with E-state index >= 15 is 0 Å². The zero-order valence-corrected chi connectivity index (χ0v) is 12.5. The van der Waals surface area contributed by atoms with Crippen molar-refractivity contribution in [2.24, 2.45) is 5.92 Å². The molecule has 1 rings (SSSR count). The molecule has 0 bridgehead atoms. The lowest BCUT2D eigenvalue weighted by Crippen LogP contribution is -2.27. The molecule has 0 aromatic heterocycles. The predicted octanol–water partition coefficient (Wildman–Crippen LogP) is 3.20. The van der Waals surface area contributed by atoms with Gasteiger partial charge in [-0.1, -0.05) is 27.2 Å². The highest BCUT2D eigenvalue weighted by atomic mass is 16.2. The van der Waals surface area contributed by atoms with E-state index in [0.717, 1.165) is 18.5 Å². The van der Waals surface area contributed by atoms with Crippen molar-refractivity contribution in [2.75, 3.05) is 11.9 Å². The summed E-state index contributed by atoms with van der Waals surface area (Å²) in [4.78, 5) is 23.4. The second-order valence-electron chi connectivity index (χ2n) is 5.33. The van der Waals surface area contributed by atoms with Gasteiger partial charge in [-0.3, -0.25) is 9.59 Å². The fourth-order valence-corrected chi connectivity index (χ4v) is 1.66. The molecule has 0 aliphatic carbocycles. The highest BCUT2D eigenvalue weighted by Crippen LogP contribution is 2.10. The van der Waals surface area contributed by atoms with Crippen LogP contribution in [0, 0.1) is 5.92 Å². The van der Waals surface area contributed by atoms with Gasteiger partial charge in [0.05, 0.1) is 0 Å². The van der Waals surface area contributed by atoms with Gasteiger partial charge in [0.25, 0.3) is 5.91 Å². The molecule has 2 N–H and O–H groups in total. The Hall–Kier alpha value is -1.84. The molecule has 0 saturated carbocycles. The molecule has 4 heteroatoms. The van der Waals surface area contributed by atoms with E-state index in [1.165, 1.54) is 0 Å². The first-order valence-corrected chi connectivity index (χ1v) is 7.21. The number of benzene rings is 1. The second kappa shape index (κ2) is 8.35. The van der Waals surface area contributed by atoms with E-state index in [9.17, 15) is 9.59 Å². The standard InChI is InChI=1S/C16H24N2O2/c1-4-5-6-15(19)18-14-9-7-13(8-10-14)16(20)17-11-12(2)3/h7-10,12H,4-6,11H2,1-3H3,(H,17,20)(H,18,19). The quantitative estimate of drug-likeness (QED) is 0.803. The van der Waals surface area contributed by atoms with E-state index in [-0.39, 0.29) is 11.8 Å². The number of unbranched alkanes of at least 4 members (excludes halogenated alkanes) is 1. The van der Waals surface area contributed by atoms with Crippen LogP contribution in [0.4, 0.5) is 5.69 Å². The molecule has 2 amide bonds. The Morgan fingerprint density at radius 2 is 1.80 bits per heavy atom. The second-order valence-corrected chi connectivity index (χ2v) is 5.33. The molecule has 1 aromatic carbocycles. The molecule has 0 unspecified atom stereocenters. The third-order valence-electron chi connectivity index (χ3n) is 2.86. The van der Waals surface area contributed by atoms with Crippen LogP contribution in [0.25, 0.3) is 0 Å². The molecule has 0 spiro atoms. The summed E-state index contributed by atoms with van der Waals surface area (Å²) in [5.74, 6) is 0.363. The van der Waals surface area contributed by atoms with Gasteiger partial charge in [-0.15, -0.1) is 0 Å². The smallest absolute Gasteiger partial charge is 0.251 e. The van der Waals surface area contributed by atoms with Crippen molar-refractivity contribution in [3.8, 4) is 0 Å². The molecule has 1 aromatic rings. The Bertz CT molecular complexity index is 438. The molecule has 0 aliphatic heterocycles. The van der Waals surface area contributed by atoms with Crippen molar-refractivity contribution < 1.29 is 9.59 Å². The van der Waals surface area contributed by atoms with Crippen molar-refractivity contribution in [3.63, 3.8) is 0 Å². The van der Waals surface area contributed by atoms with E-state index in [1.807, 2.05) is 0 Å². The van der Waals surface area contributed by atoms with Crippen LogP contribution in [0.2, 0.25) is 0 Å². The normalized spacial score (nSPS) is 10.4. The minimum Gasteiger partial charge on any atom is -0.352 e. The maximum atomic E-state index is 11.8. The average molecular weight is 276 g/mol. The van der Waals surface area contributed by atoms with Crippen LogP contribution in [0.3, 0.4) is 0 Å². The van der Waals surface area contributed by atoms with Crippen LogP contribution in [-0.4, -0.2) is 18.4 Å². The molecule has 20 heavy (non-hydrogen) atoms. The van der Waals surface area contributed by atoms with Crippen molar-refractivity contribution in [1.82, 2.24) is 5.32 Å². The number of hydrogen-bond acceptors (Lipinski definition) is 2. The van der Waals surface area contributed by atoms with Crippen LogP contribution < -0.4 is 10.6 Å². The average Bonchev–Trinajstić information content (AvgIpc) is 2.43. The van der Waals surface area contributed by atoms with E-state index in [4.69, 9.17) is 0 Å². The molecule has 0 fully saturated rings. The number of carbonyl (C=O) groups is 2. The van der Waals surface area contributed by atoms with Gasteiger partial charge >= 0.3 is 0 Å². The van der Waals surface area contributed by atoms with Crippen molar-refractivity contribution in [1.29, 1.82) is 0 Å². The summed E-state index contributed by atoms with van der Waals surface area (Å²) in [6.07, 6.45) is 2.43. The first-order chi connectivity index (χ1) is 9.52. The highest BCUT2D eigenvalue weighted by Gasteiger charge is 2.06. The van der Waals surface area contributed by atoms with E-state index in [0.29, 0.717) is 24.4 Å². The fraction of sp³-hybridized carbons (Fsp3) is 0.500. The van der Waals surface area contributed by atoms with Gasteiger partial charge in [0.15, 0.2) is 0 Å². The van der Waals surface area contributed by atoms with Gasteiger partial charge < -0.3 is 10.6 Å². The minimum absolute atomic E-state index is 0.0175. The lowest BCUT2D eigenvalue weighted by atomic mass is 10.1. The van der Waals surface area contributed by atoms with Gasteiger partial charge in [-0.05, 0) is 36.6 Å². The third kappa shape index (κ3) is 5.87. The number of anilines is 1. The maximum Gasteiger partial charge on any atom is 0.251 e. The predicted molar refractivity (Wildman–Crippen MR) is 81.8 cm³/mol. The number of hydrogen-bond donors (Lipinski definition) is 2. The molecule has 0 heterocycles. The summed E-state index contributed by atoms with van der Waals surface area (Å²) in [6.45, 7) is 6.82. The van der Waals surface area contributed by atoms with Crippen LogP contribution in [0.5, 0.6) is 0 Å². The Morgan fingerprint density at radius 1 is 1.15 bits per heavy atom. The highest BCUT2D eigenvalue weighted by molar-refractivity contribution is 5.95. The maximum absolute atomic E-state index is 11.8. The van der Waals surface area contributed by atoms with Gasteiger partial charge in [0.2, 0.25) is 5.91 Å². The Morgan fingerprint density at radius 3 is 2.35 bits per heavy atom. The van der Waals surface area contributed by atoms with E-state index in [2.05, 4.69) is 31.4 Å². The zero-order valence-electron chi connectivity index (χ0n) is 12.5. The largest absolute Gasteiger partial charge is 0.352 e. The van der Waals surface area contributed by atoms with Crippen LogP contribution in [-0.2, 0) is 4.79 Å². The molecule has 0 atom stereocenters. The molecule has 110 valence electrons. The van der Waals surface area contributed by atoms with Gasteiger partial charge in [0, 0.05) is 24.2 Å². The molecular weight excluding hydrogens is 252 g/mol. The third-order valence-corrected chi connectivity index (χ3v) is 2.86. The first kappa shape index (κ1) is 16.2. The minimum atomic E-state index is -0.0810. The molecule has 4 nitrogen and oxygen atoms in total. The molecular formula is C16H24N2O2. The fourth-order valence-electron chi connectivity index (χ4n) is 1.66. The topological polar surface area (TPSA) is 58.2 Å². The van der Waals surface area contributed by atoms with E-state index in [1.54, 1.807) is 24.3 Å². The number of rotatable bonds is 7. The summed E-state index contributed by atoms with van der Waals surface area (Å²) in [5, 5.41) is 5.68. The Kier molecular flexibility index (Phi) is 6.77. The molecule has 0 aliphatic rings. The summed E-state index contributed by atoms with van der Waals surface area (Å²) in [6, 6.07) is 6.97. The first-order valence-electron chi connectivity index (χ1n) is 7.21. The van der Waals surface area contributed by atoms with Crippen LogP contribution >= 0.6 is 0 Å². The number of nitrogens with one attached hydrogen (secondary N) is 2. The van der Waals surface area contributed by atoms with E-state index < -0.39 is 0 Å². The van der Waals surface area contributed by atoms with Crippen molar-refractivity contribution >= 4 is 17.5 Å². The van der Waals surface area contributed by atoms with Gasteiger partial charge in [-0.2, -0.15) is 0 Å². The van der Waals surface area contributed by atoms with Crippen molar-refractivity contribution in [2.45, 2.75) is 40.0 Å². The summed E-state index contributed by atoms with van der Waals surface area (Å²) in [7, 11) is 0. The summed E-state index contributed by atoms with van der Waals surface area (Å²) in [5.41, 5.74) is 1.34. The molecule has 0 saturated heterocycles. The monoisotopic (exact) mass is 276 g/mol.